The van der Waals surface area contributed by atoms with Crippen molar-refractivity contribution in [3.05, 3.63) is 35.3 Å². The second kappa shape index (κ2) is 7.08. The molecule has 0 aliphatic carbocycles. The number of piperidine rings is 1. The van der Waals surface area contributed by atoms with Gasteiger partial charge in [0.05, 0.1) is 11.9 Å². The molecular weight excluding hydrogens is 288 g/mol. The van der Waals surface area contributed by atoms with Crippen molar-refractivity contribution in [2.24, 2.45) is 13.0 Å². The largest absolute Gasteiger partial charge is 0.372 e. The second-order valence-corrected chi connectivity index (χ2v) is 6.49. The SMILES string of the molecule is CNc1ccc(C[C@@H]2CCCN(Cc3cnn(C)c3C)C2)nn1. The Kier molecular flexibility index (Phi) is 4.91. The normalized spacial score (nSPS) is 19.0. The summed E-state index contributed by atoms with van der Waals surface area (Å²) in [5.41, 5.74) is 3.69. The molecule has 6 nitrogen and oxygen atoms in total. The van der Waals surface area contributed by atoms with Crippen molar-refractivity contribution in [1.82, 2.24) is 24.9 Å². The van der Waals surface area contributed by atoms with Crippen molar-refractivity contribution in [1.29, 1.82) is 0 Å². The number of rotatable bonds is 5. The quantitative estimate of drug-likeness (QED) is 0.915. The van der Waals surface area contributed by atoms with Gasteiger partial charge in [-0.25, -0.2) is 0 Å². The lowest BCUT2D eigenvalue weighted by atomic mass is 9.93. The Balaban J connectivity index is 1.58. The number of anilines is 1. The molecule has 0 bridgehead atoms. The van der Waals surface area contributed by atoms with Crippen LogP contribution in [0.4, 0.5) is 5.82 Å². The number of nitrogens with one attached hydrogen (secondary N) is 1. The van der Waals surface area contributed by atoms with Crippen molar-refractivity contribution < 1.29 is 0 Å². The maximum atomic E-state index is 4.35. The average molecular weight is 314 g/mol. The highest BCUT2D eigenvalue weighted by Crippen LogP contribution is 2.22. The minimum atomic E-state index is 0.662. The van der Waals surface area contributed by atoms with E-state index in [-0.39, 0.29) is 0 Å². The highest BCUT2D eigenvalue weighted by Gasteiger charge is 2.21. The Morgan fingerprint density at radius 2 is 2.17 bits per heavy atom. The zero-order valence-corrected chi connectivity index (χ0v) is 14.3. The second-order valence-electron chi connectivity index (χ2n) is 6.49. The average Bonchev–Trinajstić information content (AvgIpc) is 2.88. The van der Waals surface area contributed by atoms with E-state index in [0.717, 1.165) is 31.0 Å². The van der Waals surface area contributed by atoms with Gasteiger partial charge in [0.25, 0.3) is 0 Å². The molecule has 2 aromatic rings. The van der Waals surface area contributed by atoms with E-state index in [1.807, 2.05) is 31.0 Å². The molecule has 0 unspecified atom stereocenters. The van der Waals surface area contributed by atoms with Crippen LogP contribution in [0.2, 0.25) is 0 Å². The first kappa shape index (κ1) is 15.9. The molecule has 6 heteroatoms. The van der Waals surface area contributed by atoms with Gasteiger partial charge in [0, 0.05) is 38.4 Å². The lowest BCUT2D eigenvalue weighted by Crippen LogP contribution is -2.36. The fourth-order valence-corrected chi connectivity index (χ4v) is 3.30. The lowest BCUT2D eigenvalue weighted by molar-refractivity contribution is 0.166. The van der Waals surface area contributed by atoms with E-state index < -0.39 is 0 Å². The predicted octanol–water partition coefficient (Wildman–Crippen LogP) is 2.01. The van der Waals surface area contributed by atoms with Crippen LogP contribution in [-0.2, 0) is 20.0 Å². The van der Waals surface area contributed by atoms with E-state index in [1.165, 1.54) is 30.6 Å². The molecule has 1 aliphatic heterocycles. The molecule has 1 saturated heterocycles. The standard InChI is InChI=1S/C17H26N6/c1-13-15(10-19-22(13)3)12-23-8-4-5-14(11-23)9-16-6-7-17(18-2)21-20-16/h6-7,10,14H,4-5,8-9,11-12H2,1-3H3,(H,18,21)/t14-/m0/s1. The fourth-order valence-electron chi connectivity index (χ4n) is 3.30. The van der Waals surface area contributed by atoms with Gasteiger partial charge in [0.2, 0.25) is 0 Å². The van der Waals surface area contributed by atoms with Crippen LogP contribution in [0, 0.1) is 12.8 Å². The Morgan fingerprint density at radius 1 is 1.30 bits per heavy atom. The maximum Gasteiger partial charge on any atom is 0.148 e. The molecule has 3 heterocycles. The summed E-state index contributed by atoms with van der Waals surface area (Å²) in [6, 6.07) is 4.09. The number of hydrogen-bond acceptors (Lipinski definition) is 5. The molecule has 1 atom stereocenters. The zero-order chi connectivity index (χ0) is 16.2. The van der Waals surface area contributed by atoms with Gasteiger partial charge in [-0.05, 0) is 50.8 Å². The number of likely N-dealkylation sites (tertiary alicyclic amines) is 1. The van der Waals surface area contributed by atoms with E-state index in [9.17, 15) is 0 Å². The monoisotopic (exact) mass is 314 g/mol. The third-order valence-electron chi connectivity index (χ3n) is 4.81. The number of nitrogens with zero attached hydrogens (tertiary/aromatic N) is 5. The van der Waals surface area contributed by atoms with Gasteiger partial charge in [-0.2, -0.15) is 10.2 Å². The van der Waals surface area contributed by atoms with Crippen LogP contribution in [0.3, 0.4) is 0 Å². The third kappa shape index (κ3) is 3.88. The van der Waals surface area contributed by atoms with Gasteiger partial charge in [-0.15, -0.1) is 5.10 Å². The number of aryl methyl sites for hydroxylation is 1. The smallest absolute Gasteiger partial charge is 0.148 e. The van der Waals surface area contributed by atoms with E-state index in [1.54, 1.807) is 0 Å². The summed E-state index contributed by atoms with van der Waals surface area (Å²) in [5, 5.41) is 15.9. The molecule has 124 valence electrons. The Labute approximate surface area is 137 Å². The van der Waals surface area contributed by atoms with Gasteiger partial charge < -0.3 is 5.32 Å². The highest BCUT2D eigenvalue weighted by atomic mass is 15.3. The minimum Gasteiger partial charge on any atom is -0.372 e. The Hall–Kier alpha value is -1.95. The minimum absolute atomic E-state index is 0.662. The summed E-state index contributed by atoms with van der Waals surface area (Å²) < 4.78 is 1.95. The first-order valence-electron chi connectivity index (χ1n) is 8.36. The summed E-state index contributed by atoms with van der Waals surface area (Å²) in [5.74, 6) is 1.49. The zero-order valence-electron chi connectivity index (χ0n) is 14.3. The van der Waals surface area contributed by atoms with Gasteiger partial charge in [0.1, 0.15) is 5.82 Å². The molecule has 1 aliphatic rings. The molecule has 1 N–H and O–H groups in total. The Bertz CT molecular complexity index is 633. The van der Waals surface area contributed by atoms with E-state index in [0.29, 0.717) is 5.92 Å². The molecule has 0 amide bonds. The number of aromatic nitrogens is 4. The first-order chi connectivity index (χ1) is 11.2. The van der Waals surface area contributed by atoms with Crippen molar-refractivity contribution in [3.8, 4) is 0 Å². The topological polar surface area (TPSA) is 58.9 Å². The van der Waals surface area contributed by atoms with Crippen LogP contribution in [0.5, 0.6) is 0 Å². The molecule has 0 radical (unpaired) electrons. The molecule has 0 spiro atoms. The van der Waals surface area contributed by atoms with E-state index in [4.69, 9.17) is 0 Å². The lowest BCUT2D eigenvalue weighted by Gasteiger charge is -2.32. The number of hydrogen-bond donors (Lipinski definition) is 1. The van der Waals surface area contributed by atoms with Crippen LogP contribution in [0.25, 0.3) is 0 Å². The highest BCUT2D eigenvalue weighted by molar-refractivity contribution is 5.31. The fraction of sp³-hybridized carbons (Fsp3) is 0.588. The van der Waals surface area contributed by atoms with Gasteiger partial charge in [-0.1, -0.05) is 0 Å². The van der Waals surface area contributed by atoms with Crippen molar-refractivity contribution in [2.45, 2.75) is 32.7 Å². The third-order valence-corrected chi connectivity index (χ3v) is 4.81. The first-order valence-corrected chi connectivity index (χ1v) is 8.36. The predicted molar refractivity (Wildman–Crippen MR) is 91.2 cm³/mol. The summed E-state index contributed by atoms with van der Waals surface area (Å²) in [4.78, 5) is 2.55. The van der Waals surface area contributed by atoms with Crippen molar-refractivity contribution in [2.75, 3.05) is 25.5 Å². The van der Waals surface area contributed by atoms with Crippen LogP contribution in [-0.4, -0.2) is 45.0 Å². The van der Waals surface area contributed by atoms with Crippen LogP contribution in [0.15, 0.2) is 18.3 Å². The van der Waals surface area contributed by atoms with Gasteiger partial charge >= 0.3 is 0 Å². The van der Waals surface area contributed by atoms with Crippen LogP contribution in [0.1, 0.15) is 29.8 Å². The maximum absolute atomic E-state index is 4.35. The Morgan fingerprint density at radius 3 is 2.83 bits per heavy atom. The van der Waals surface area contributed by atoms with Crippen LogP contribution >= 0.6 is 0 Å². The van der Waals surface area contributed by atoms with Crippen molar-refractivity contribution >= 4 is 5.82 Å². The van der Waals surface area contributed by atoms with Gasteiger partial charge in [-0.3, -0.25) is 9.58 Å². The van der Waals surface area contributed by atoms with Gasteiger partial charge in [0.15, 0.2) is 0 Å². The molecular formula is C17H26N6. The summed E-state index contributed by atoms with van der Waals surface area (Å²) in [6.07, 6.45) is 5.55. The van der Waals surface area contributed by atoms with Crippen LogP contribution < -0.4 is 5.32 Å². The molecule has 23 heavy (non-hydrogen) atoms. The molecule has 2 aromatic heterocycles. The molecule has 0 aromatic carbocycles. The summed E-state index contributed by atoms with van der Waals surface area (Å²) in [7, 11) is 3.87. The molecule has 0 saturated carbocycles. The van der Waals surface area contributed by atoms with E-state index in [2.05, 4.69) is 38.5 Å². The molecule has 1 fully saturated rings. The molecule has 3 rings (SSSR count). The van der Waals surface area contributed by atoms with E-state index >= 15 is 0 Å². The van der Waals surface area contributed by atoms with Crippen molar-refractivity contribution in [3.63, 3.8) is 0 Å². The summed E-state index contributed by atoms with van der Waals surface area (Å²) >= 11 is 0. The summed E-state index contributed by atoms with van der Waals surface area (Å²) in [6.45, 7) is 5.45.